The first-order chi connectivity index (χ1) is 11.6. The maximum Gasteiger partial charge on any atom is 0.287 e. The summed E-state index contributed by atoms with van der Waals surface area (Å²) in [6, 6.07) is 10.3. The van der Waals surface area contributed by atoms with Gasteiger partial charge in [0.2, 0.25) is 0 Å². The number of amides is 1. The summed E-state index contributed by atoms with van der Waals surface area (Å²) in [7, 11) is 0. The summed E-state index contributed by atoms with van der Waals surface area (Å²) in [5.41, 5.74) is 2.57. The fourth-order valence-corrected chi connectivity index (χ4v) is 3.25. The molecule has 1 aromatic carbocycles. The average Bonchev–Trinajstić information content (AvgIpc) is 2.92. The third kappa shape index (κ3) is 3.42. The van der Waals surface area contributed by atoms with Gasteiger partial charge in [-0.3, -0.25) is 9.59 Å². The van der Waals surface area contributed by atoms with Crippen molar-refractivity contribution in [2.45, 2.75) is 52.0 Å². The molecule has 1 aliphatic rings. The summed E-state index contributed by atoms with van der Waals surface area (Å²) in [4.78, 5) is 24.5. The first-order valence-corrected chi connectivity index (χ1v) is 8.56. The van der Waals surface area contributed by atoms with Gasteiger partial charge >= 0.3 is 0 Å². The Labute approximate surface area is 142 Å². The maximum absolute atomic E-state index is 12.5. The molecule has 2 aromatic rings. The Balaban J connectivity index is 1.64. The first kappa shape index (κ1) is 16.5. The molecular weight excluding hydrogens is 302 g/mol. The molecule has 0 bridgehead atoms. The van der Waals surface area contributed by atoms with Crippen LogP contribution in [0.3, 0.4) is 0 Å². The van der Waals surface area contributed by atoms with Gasteiger partial charge in [0.1, 0.15) is 5.76 Å². The SMILES string of the molecule is Cc1c(C(=O)N[C@H](C)CCc2ccccc2)oc2c1C(=O)CCC2. The zero-order chi connectivity index (χ0) is 17.1. The Kier molecular flexibility index (Phi) is 4.84. The van der Waals surface area contributed by atoms with Crippen LogP contribution < -0.4 is 5.32 Å². The zero-order valence-electron chi connectivity index (χ0n) is 14.2. The van der Waals surface area contributed by atoms with Gasteiger partial charge in [-0.25, -0.2) is 0 Å². The van der Waals surface area contributed by atoms with E-state index in [0.717, 1.165) is 25.7 Å². The van der Waals surface area contributed by atoms with Crippen LogP contribution in [0.25, 0.3) is 0 Å². The van der Waals surface area contributed by atoms with E-state index in [1.165, 1.54) is 5.56 Å². The van der Waals surface area contributed by atoms with Gasteiger partial charge in [0.05, 0.1) is 5.56 Å². The lowest BCUT2D eigenvalue weighted by Gasteiger charge is -2.13. The van der Waals surface area contributed by atoms with E-state index in [0.29, 0.717) is 29.1 Å². The van der Waals surface area contributed by atoms with Crippen molar-refractivity contribution >= 4 is 11.7 Å². The van der Waals surface area contributed by atoms with Crippen molar-refractivity contribution < 1.29 is 14.0 Å². The van der Waals surface area contributed by atoms with E-state index in [-0.39, 0.29) is 17.7 Å². The summed E-state index contributed by atoms with van der Waals surface area (Å²) in [5.74, 6) is 0.830. The van der Waals surface area contributed by atoms with Crippen LogP contribution in [-0.2, 0) is 12.8 Å². The second-order valence-corrected chi connectivity index (χ2v) is 6.53. The number of ketones is 1. The third-order valence-electron chi connectivity index (χ3n) is 4.60. The van der Waals surface area contributed by atoms with Crippen molar-refractivity contribution in [1.82, 2.24) is 5.32 Å². The fourth-order valence-electron chi connectivity index (χ4n) is 3.25. The minimum absolute atomic E-state index is 0.0370. The van der Waals surface area contributed by atoms with Crippen molar-refractivity contribution in [3.05, 3.63) is 58.5 Å². The zero-order valence-corrected chi connectivity index (χ0v) is 14.2. The molecule has 1 atom stereocenters. The van der Waals surface area contributed by atoms with Gasteiger partial charge in [0, 0.05) is 24.4 Å². The molecule has 4 heteroatoms. The van der Waals surface area contributed by atoms with Crippen molar-refractivity contribution in [1.29, 1.82) is 0 Å². The lowest BCUT2D eigenvalue weighted by atomic mass is 9.94. The lowest BCUT2D eigenvalue weighted by molar-refractivity contribution is 0.0904. The van der Waals surface area contributed by atoms with Gasteiger partial charge in [-0.15, -0.1) is 0 Å². The molecule has 0 aliphatic heterocycles. The number of Topliss-reactive ketones (excluding diaryl/α,β-unsaturated/α-hetero) is 1. The van der Waals surface area contributed by atoms with Gasteiger partial charge in [-0.2, -0.15) is 0 Å². The topological polar surface area (TPSA) is 59.3 Å². The van der Waals surface area contributed by atoms with Crippen molar-refractivity contribution in [3.8, 4) is 0 Å². The van der Waals surface area contributed by atoms with Crippen LogP contribution in [0.4, 0.5) is 0 Å². The number of hydrogen-bond acceptors (Lipinski definition) is 3. The molecular formula is C20H23NO3. The quantitative estimate of drug-likeness (QED) is 0.908. The summed E-state index contributed by atoms with van der Waals surface area (Å²) < 4.78 is 5.70. The average molecular weight is 325 g/mol. The normalized spacial score (nSPS) is 15.0. The molecule has 1 aliphatic carbocycles. The molecule has 1 amide bonds. The largest absolute Gasteiger partial charge is 0.455 e. The summed E-state index contributed by atoms with van der Waals surface area (Å²) in [6.45, 7) is 3.79. The van der Waals surface area contributed by atoms with Gasteiger partial charge < -0.3 is 9.73 Å². The van der Waals surface area contributed by atoms with Crippen LogP contribution in [-0.4, -0.2) is 17.7 Å². The second kappa shape index (κ2) is 7.04. The molecule has 4 nitrogen and oxygen atoms in total. The van der Waals surface area contributed by atoms with Gasteiger partial charge in [-0.1, -0.05) is 30.3 Å². The van der Waals surface area contributed by atoms with E-state index < -0.39 is 0 Å². The van der Waals surface area contributed by atoms with Crippen LogP contribution in [0.15, 0.2) is 34.7 Å². The number of hydrogen-bond donors (Lipinski definition) is 1. The first-order valence-electron chi connectivity index (χ1n) is 8.56. The molecule has 0 radical (unpaired) electrons. The Bertz CT molecular complexity index is 746. The molecule has 0 saturated carbocycles. The Morgan fingerprint density at radius 2 is 2.00 bits per heavy atom. The van der Waals surface area contributed by atoms with E-state index in [2.05, 4.69) is 17.4 Å². The highest BCUT2D eigenvalue weighted by Gasteiger charge is 2.29. The second-order valence-electron chi connectivity index (χ2n) is 6.53. The van der Waals surface area contributed by atoms with Crippen molar-refractivity contribution in [3.63, 3.8) is 0 Å². The summed E-state index contributed by atoms with van der Waals surface area (Å²) in [5, 5.41) is 2.99. The molecule has 126 valence electrons. The van der Waals surface area contributed by atoms with Crippen LogP contribution >= 0.6 is 0 Å². The molecule has 0 saturated heterocycles. The standard InChI is InChI=1S/C20H23NO3/c1-13(11-12-15-7-4-3-5-8-15)21-20(23)19-14(2)18-16(22)9-6-10-17(18)24-19/h3-5,7-8,13H,6,9-12H2,1-2H3,(H,21,23)/t13-/m1/s1. The van der Waals surface area contributed by atoms with Crippen molar-refractivity contribution in [2.24, 2.45) is 0 Å². The Hall–Kier alpha value is -2.36. The number of carbonyl (C=O) groups excluding carboxylic acids is 2. The van der Waals surface area contributed by atoms with Gasteiger partial charge in [0.15, 0.2) is 11.5 Å². The van der Waals surface area contributed by atoms with Crippen LogP contribution in [0, 0.1) is 6.92 Å². The van der Waals surface area contributed by atoms with Crippen LogP contribution in [0.1, 0.15) is 64.0 Å². The Morgan fingerprint density at radius 1 is 1.25 bits per heavy atom. The van der Waals surface area contributed by atoms with E-state index in [9.17, 15) is 9.59 Å². The molecule has 1 heterocycles. The molecule has 3 rings (SSSR count). The van der Waals surface area contributed by atoms with E-state index in [1.54, 1.807) is 6.92 Å². The number of aryl methyl sites for hydroxylation is 2. The molecule has 1 N–H and O–H groups in total. The number of furan rings is 1. The van der Waals surface area contributed by atoms with E-state index in [1.807, 2.05) is 25.1 Å². The molecule has 0 unspecified atom stereocenters. The van der Waals surface area contributed by atoms with Gasteiger partial charge in [-0.05, 0) is 38.7 Å². The van der Waals surface area contributed by atoms with E-state index in [4.69, 9.17) is 4.42 Å². The predicted molar refractivity (Wildman–Crippen MR) is 92.4 cm³/mol. The lowest BCUT2D eigenvalue weighted by Crippen LogP contribution is -2.33. The summed E-state index contributed by atoms with van der Waals surface area (Å²) >= 11 is 0. The molecule has 1 aromatic heterocycles. The highest BCUT2D eigenvalue weighted by atomic mass is 16.4. The monoisotopic (exact) mass is 325 g/mol. The Morgan fingerprint density at radius 3 is 2.71 bits per heavy atom. The molecule has 24 heavy (non-hydrogen) atoms. The third-order valence-corrected chi connectivity index (χ3v) is 4.60. The summed E-state index contributed by atoms with van der Waals surface area (Å²) in [6.07, 6.45) is 3.84. The number of benzene rings is 1. The highest BCUT2D eigenvalue weighted by Crippen LogP contribution is 2.29. The number of fused-ring (bicyclic) bond motifs is 1. The van der Waals surface area contributed by atoms with Crippen molar-refractivity contribution in [2.75, 3.05) is 0 Å². The minimum atomic E-state index is -0.227. The number of rotatable bonds is 5. The fraction of sp³-hybridized carbons (Fsp3) is 0.400. The van der Waals surface area contributed by atoms with Crippen LogP contribution in [0.5, 0.6) is 0 Å². The smallest absolute Gasteiger partial charge is 0.287 e. The van der Waals surface area contributed by atoms with E-state index >= 15 is 0 Å². The highest BCUT2D eigenvalue weighted by molar-refractivity contribution is 6.03. The maximum atomic E-state index is 12.5. The minimum Gasteiger partial charge on any atom is -0.455 e. The molecule has 0 spiro atoms. The number of carbonyl (C=O) groups is 2. The predicted octanol–water partition coefficient (Wildman–Crippen LogP) is 3.86. The van der Waals surface area contributed by atoms with Crippen LogP contribution in [0.2, 0.25) is 0 Å². The number of nitrogens with one attached hydrogen (secondary N) is 1. The molecule has 0 fully saturated rings. The van der Waals surface area contributed by atoms with Gasteiger partial charge in [0.25, 0.3) is 5.91 Å².